The minimum absolute atomic E-state index is 0.0281. The quantitative estimate of drug-likeness (QED) is 0.600. The molecule has 11 heteroatoms. The number of hydrogen-bond donors (Lipinski definition) is 2. The van der Waals surface area contributed by atoms with Crippen molar-refractivity contribution in [3.05, 3.63) is 40.3 Å². The molecule has 0 atom stereocenters. The zero-order valence-corrected chi connectivity index (χ0v) is 18.8. The molecule has 0 aliphatic carbocycles. The third-order valence-corrected chi connectivity index (χ3v) is 7.18. The smallest absolute Gasteiger partial charge is 0.276 e. The normalized spacial score (nSPS) is 15.7. The van der Waals surface area contributed by atoms with Gasteiger partial charge in [-0.15, -0.1) is 11.3 Å². The van der Waals surface area contributed by atoms with E-state index >= 15 is 0 Å². The first-order valence-corrected chi connectivity index (χ1v) is 12.1. The minimum atomic E-state index is -3.66. The number of nitrogens with zero attached hydrogens (tertiary/aromatic N) is 4. The van der Waals surface area contributed by atoms with Gasteiger partial charge in [0.25, 0.3) is 10.2 Å². The molecule has 1 fully saturated rings. The summed E-state index contributed by atoms with van der Waals surface area (Å²) in [5.41, 5.74) is 3.05. The van der Waals surface area contributed by atoms with Crippen LogP contribution in [0.4, 0.5) is 5.95 Å². The van der Waals surface area contributed by atoms with Crippen LogP contribution >= 0.6 is 11.3 Å². The lowest BCUT2D eigenvalue weighted by atomic mass is 10.1. The lowest BCUT2D eigenvalue weighted by Crippen LogP contribution is -2.45. The second-order valence-corrected chi connectivity index (χ2v) is 9.97. The molecule has 0 amide bonds. The van der Waals surface area contributed by atoms with Crippen LogP contribution in [0.2, 0.25) is 0 Å². The van der Waals surface area contributed by atoms with Crippen molar-refractivity contribution in [3.63, 3.8) is 0 Å². The SMILES string of the molecule is Cc1cc(C#N)cc(C)c1Oc1nc(NC2CCN(S(N)(=O)=O)CC2)nc2ccsc12. The number of rotatable bonds is 5. The van der Waals surface area contributed by atoms with Gasteiger partial charge in [-0.25, -0.2) is 10.1 Å². The Kier molecular flexibility index (Phi) is 5.81. The van der Waals surface area contributed by atoms with Gasteiger partial charge in [-0.1, -0.05) is 0 Å². The third-order valence-electron chi connectivity index (χ3n) is 5.21. The fourth-order valence-electron chi connectivity index (χ4n) is 3.68. The molecular formula is C20H22N6O3S2. The van der Waals surface area contributed by atoms with Gasteiger partial charge in [0, 0.05) is 19.1 Å². The Labute approximate surface area is 184 Å². The van der Waals surface area contributed by atoms with Crippen LogP contribution in [-0.4, -0.2) is 41.8 Å². The molecule has 3 aromatic rings. The number of ether oxygens (including phenoxy) is 1. The maximum atomic E-state index is 11.5. The van der Waals surface area contributed by atoms with Gasteiger partial charge in [0.2, 0.25) is 11.8 Å². The molecule has 2 aromatic heterocycles. The Morgan fingerprint density at radius 3 is 2.55 bits per heavy atom. The topological polar surface area (TPSA) is 134 Å². The number of fused-ring (bicyclic) bond motifs is 1. The van der Waals surface area contributed by atoms with E-state index in [0.717, 1.165) is 21.3 Å². The lowest BCUT2D eigenvalue weighted by molar-refractivity contribution is 0.329. The van der Waals surface area contributed by atoms with Crippen molar-refractivity contribution in [1.29, 1.82) is 5.26 Å². The lowest BCUT2D eigenvalue weighted by Gasteiger charge is -2.30. The van der Waals surface area contributed by atoms with E-state index in [-0.39, 0.29) is 6.04 Å². The van der Waals surface area contributed by atoms with E-state index in [2.05, 4.69) is 21.4 Å². The molecule has 162 valence electrons. The number of benzene rings is 1. The van der Waals surface area contributed by atoms with Gasteiger partial charge < -0.3 is 10.1 Å². The number of piperidine rings is 1. The third kappa shape index (κ3) is 4.62. The summed E-state index contributed by atoms with van der Waals surface area (Å²) in [7, 11) is -3.66. The van der Waals surface area contributed by atoms with Crippen LogP contribution in [0.15, 0.2) is 23.6 Å². The number of hydrogen-bond acceptors (Lipinski definition) is 8. The first-order valence-electron chi connectivity index (χ1n) is 9.73. The van der Waals surface area contributed by atoms with Crippen LogP contribution in [0.5, 0.6) is 11.6 Å². The van der Waals surface area contributed by atoms with Crippen molar-refractivity contribution < 1.29 is 13.2 Å². The molecule has 0 saturated carbocycles. The first kappa shape index (κ1) is 21.5. The Morgan fingerprint density at radius 2 is 1.94 bits per heavy atom. The summed E-state index contributed by atoms with van der Waals surface area (Å²) in [6.07, 6.45) is 1.21. The zero-order chi connectivity index (χ0) is 22.2. The van der Waals surface area contributed by atoms with E-state index in [1.807, 2.05) is 25.3 Å². The maximum Gasteiger partial charge on any atom is 0.276 e. The number of thiophene rings is 1. The van der Waals surface area contributed by atoms with Crippen molar-refractivity contribution >= 4 is 37.7 Å². The van der Waals surface area contributed by atoms with E-state index in [1.165, 1.54) is 15.6 Å². The zero-order valence-electron chi connectivity index (χ0n) is 17.1. The monoisotopic (exact) mass is 458 g/mol. The molecule has 0 radical (unpaired) electrons. The molecule has 0 spiro atoms. The molecule has 1 aliphatic heterocycles. The Hall–Kier alpha value is -2.78. The predicted molar refractivity (Wildman–Crippen MR) is 119 cm³/mol. The van der Waals surface area contributed by atoms with Crippen molar-refractivity contribution in [2.45, 2.75) is 32.7 Å². The molecule has 1 aliphatic rings. The van der Waals surface area contributed by atoms with Crippen molar-refractivity contribution in [3.8, 4) is 17.7 Å². The van der Waals surface area contributed by atoms with Crippen LogP contribution in [0, 0.1) is 25.2 Å². The second kappa shape index (κ2) is 8.39. The largest absolute Gasteiger partial charge is 0.437 e. The molecule has 4 rings (SSSR count). The average molecular weight is 459 g/mol. The number of aromatic nitrogens is 2. The van der Waals surface area contributed by atoms with Gasteiger partial charge in [-0.05, 0) is 61.4 Å². The van der Waals surface area contributed by atoms with Crippen LogP contribution < -0.4 is 15.2 Å². The van der Waals surface area contributed by atoms with Crippen molar-refractivity contribution in [2.75, 3.05) is 18.4 Å². The summed E-state index contributed by atoms with van der Waals surface area (Å²) in [4.78, 5) is 9.18. The summed E-state index contributed by atoms with van der Waals surface area (Å²) >= 11 is 1.49. The highest BCUT2D eigenvalue weighted by Crippen LogP contribution is 2.35. The van der Waals surface area contributed by atoms with Gasteiger partial charge in [0.05, 0.1) is 17.1 Å². The molecule has 1 saturated heterocycles. The first-order chi connectivity index (χ1) is 14.7. The molecule has 3 N–H and O–H groups in total. The van der Waals surface area contributed by atoms with E-state index in [4.69, 9.17) is 9.88 Å². The minimum Gasteiger partial charge on any atom is -0.437 e. The molecular weight excluding hydrogens is 436 g/mol. The second-order valence-electron chi connectivity index (χ2n) is 7.50. The highest BCUT2D eigenvalue weighted by molar-refractivity contribution is 7.86. The Morgan fingerprint density at radius 1 is 1.26 bits per heavy atom. The number of nitrogens with two attached hydrogens (primary N) is 1. The molecule has 31 heavy (non-hydrogen) atoms. The standard InChI is InChI=1S/C20H22N6O3S2/c1-12-9-14(11-21)10-13(2)17(12)29-19-18-16(5-8-30-18)24-20(25-19)23-15-3-6-26(7-4-15)31(22,27)28/h5,8-10,15H,3-4,6-7H2,1-2H3,(H2,22,27,28)(H,23,24,25). The van der Waals surface area contributed by atoms with E-state index in [0.29, 0.717) is 49.1 Å². The molecule has 3 heterocycles. The highest BCUT2D eigenvalue weighted by atomic mass is 32.2. The Bertz CT molecular complexity index is 1250. The number of anilines is 1. The van der Waals surface area contributed by atoms with Gasteiger partial charge >= 0.3 is 0 Å². The van der Waals surface area contributed by atoms with E-state index in [9.17, 15) is 13.7 Å². The molecule has 0 bridgehead atoms. The predicted octanol–water partition coefficient (Wildman–Crippen LogP) is 3.05. The number of nitrogens with one attached hydrogen (secondary N) is 1. The van der Waals surface area contributed by atoms with Gasteiger partial charge in [0.15, 0.2) is 0 Å². The van der Waals surface area contributed by atoms with Crippen molar-refractivity contribution in [2.24, 2.45) is 5.14 Å². The number of aryl methyl sites for hydroxylation is 2. The van der Waals surface area contributed by atoms with Crippen LogP contribution in [-0.2, 0) is 10.2 Å². The summed E-state index contributed by atoms with van der Waals surface area (Å²) in [5.74, 6) is 1.54. The fraction of sp³-hybridized carbons (Fsp3) is 0.350. The van der Waals surface area contributed by atoms with Gasteiger partial charge in [-0.2, -0.15) is 23.0 Å². The van der Waals surface area contributed by atoms with E-state index < -0.39 is 10.2 Å². The summed E-state index contributed by atoms with van der Waals surface area (Å²) < 4.78 is 31.3. The Balaban J connectivity index is 1.59. The molecule has 1 aromatic carbocycles. The van der Waals surface area contributed by atoms with Crippen LogP contribution in [0.1, 0.15) is 29.5 Å². The highest BCUT2D eigenvalue weighted by Gasteiger charge is 2.26. The van der Waals surface area contributed by atoms with Crippen LogP contribution in [0.25, 0.3) is 10.2 Å². The van der Waals surface area contributed by atoms with Gasteiger partial charge in [0.1, 0.15) is 10.4 Å². The fourth-order valence-corrected chi connectivity index (χ4v) is 5.16. The van der Waals surface area contributed by atoms with Gasteiger partial charge in [-0.3, -0.25) is 0 Å². The average Bonchev–Trinajstić information content (AvgIpc) is 3.19. The van der Waals surface area contributed by atoms with E-state index in [1.54, 1.807) is 12.1 Å². The number of nitriles is 1. The summed E-state index contributed by atoms with van der Waals surface area (Å²) in [6.45, 7) is 4.50. The molecule has 9 nitrogen and oxygen atoms in total. The van der Waals surface area contributed by atoms with Crippen LogP contribution in [0.3, 0.4) is 0 Å². The summed E-state index contributed by atoms with van der Waals surface area (Å²) in [6, 6.07) is 7.66. The van der Waals surface area contributed by atoms with Crippen molar-refractivity contribution in [1.82, 2.24) is 14.3 Å². The molecule has 0 unspecified atom stereocenters. The summed E-state index contributed by atoms with van der Waals surface area (Å²) in [5, 5.41) is 19.6. The maximum absolute atomic E-state index is 11.5.